The van der Waals surface area contributed by atoms with E-state index < -0.39 is 5.97 Å². The highest BCUT2D eigenvalue weighted by Gasteiger charge is 2.01. The van der Waals surface area contributed by atoms with Gasteiger partial charge in [0.25, 0.3) is 0 Å². The van der Waals surface area contributed by atoms with Crippen molar-refractivity contribution >= 4 is 5.97 Å². The van der Waals surface area contributed by atoms with Crippen LogP contribution in [-0.4, -0.2) is 13.1 Å². The highest BCUT2D eigenvalue weighted by molar-refractivity contribution is 5.82. The van der Waals surface area contributed by atoms with Gasteiger partial charge in [0.1, 0.15) is 0 Å². The smallest absolute Gasteiger partial charge is 0.294 e. The van der Waals surface area contributed by atoms with Gasteiger partial charge in [0.15, 0.2) is 0 Å². The first-order chi connectivity index (χ1) is 8.95. The van der Waals surface area contributed by atoms with E-state index in [4.69, 9.17) is 0 Å². The number of allylic oxidation sites excluding steroid dienone is 3. The van der Waals surface area contributed by atoms with Gasteiger partial charge in [-0.2, -0.15) is 4.89 Å². The van der Waals surface area contributed by atoms with Gasteiger partial charge in [0.05, 0.1) is 7.11 Å². The Morgan fingerprint density at radius 2 is 1.89 bits per heavy atom. The number of rotatable bonds is 9. The zero-order chi connectivity index (χ0) is 14.7. The lowest BCUT2D eigenvalue weighted by molar-refractivity contribution is -0.249. The SMILES string of the molecule is COOC(=O)C=C(C)C=CCC(C)CCCC(C)C. The van der Waals surface area contributed by atoms with E-state index in [0.29, 0.717) is 5.92 Å². The molecule has 0 aliphatic rings. The fraction of sp³-hybridized carbons (Fsp3) is 0.688. The van der Waals surface area contributed by atoms with Crippen LogP contribution in [0.4, 0.5) is 0 Å². The zero-order valence-corrected chi connectivity index (χ0v) is 12.9. The molecule has 0 bridgehead atoms. The van der Waals surface area contributed by atoms with E-state index in [-0.39, 0.29) is 0 Å². The fourth-order valence-corrected chi connectivity index (χ4v) is 1.82. The Labute approximate surface area is 117 Å². The maximum Gasteiger partial charge on any atom is 0.366 e. The van der Waals surface area contributed by atoms with Crippen molar-refractivity contribution in [1.82, 2.24) is 0 Å². The summed E-state index contributed by atoms with van der Waals surface area (Å²) in [6, 6.07) is 0. The predicted octanol–water partition coefficient (Wildman–Crippen LogP) is 4.45. The number of carbonyl (C=O) groups is 1. The summed E-state index contributed by atoms with van der Waals surface area (Å²) < 4.78 is 0. The second kappa shape index (κ2) is 10.8. The van der Waals surface area contributed by atoms with Gasteiger partial charge in [0.2, 0.25) is 0 Å². The normalized spacial score (nSPS) is 14.1. The van der Waals surface area contributed by atoms with Gasteiger partial charge < -0.3 is 0 Å². The standard InChI is InChI=1S/C16H28O3/c1-13(2)8-6-9-14(3)10-7-11-15(4)12-16(17)19-18-5/h7,11-14H,6,8-10H2,1-5H3. The molecule has 0 amide bonds. The first kappa shape index (κ1) is 17.9. The summed E-state index contributed by atoms with van der Waals surface area (Å²) in [6.07, 6.45) is 10.4. The molecule has 0 aliphatic carbocycles. The van der Waals surface area contributed by atoms with Crippen molar-refractivity contribution in [3.05, 3.63) is 23.8 Å². The van der Waals surface area contributed by atoms with Gasteiger partial charge in [-0.3, -0.25) is 4.89 Å². The molecule has 0 fully saturated rings. The lowest BCUT2D eigenvalue weighted by atomic mass is 9.97. The Bertz CT molecular complexity index is 303. The lowest BCUT2D eigenvalue weighted by Gasteiger charge is -2.09. The van der Waals surface area contributed by atoms with Crippen molar-refractivity contribution in [2.75, 3.05) is 7.11 Å². The monoisotopic (exact) mass is 268 g/mol. The topological polar surface area (TPSA) is 35.5 Å². The van der Waals surface area contributed by atoms with E-state index in [1.807, 2.05) is 13.0 Å². The molecule has 3 heteroatoms. The van der Waals surface area contributed by atoms with Crippen LogP contribution in [0, 0.1) is 11.8 Å². The summed E-state index contributed by atoms with van der Waals surface area (Å²) in [5.74, 6) is 1.00. The average molecular weight is 268 g/mol. The zero-order valence-electron chi connectivity index (χ0n) is 12.9. The summed E-state index contributed by atoms with van der Waals surface area (Å²) in [5.41, 5.74) is 0.872. The molecule has 0 aromatic heterocycles. The van der Waals surface area contributed by atoms with E-state index in [1.54, 1.807) is 0 Å². The molecule has 0 aromatic rings. The summed E-state index contributed by atoms with van der Waals surface area (Å²) in [5, 5.41) is 0. The molecular formula is C16H28O3. The van der Waals surface area contributed by atoms with Gasteiger partial charge in [-0.25, -0.2) is 4.79 Å². The third kappa shape index (κ3) is 11.7. The molecule has 3 nitrogen and oxygen atoms in total. The molecule has 0 N–H and O–H groups in total. The van der Waals surface area contributed by atoms with Gasteiger partial charge in [-0.05, 0) is 30.8 Å². The first-order valence-corrected chi connectivity index (χ1v) is 7.05. The largest absolute Gasteiger partial charge is 0.366 e. The Kier molecular flexibility index (Phi) is 10.2. The molecule has 110 valence electrons. The van der Waals surface area contributed by atoms with E-state index in [0.717, 1.165) is 17.9 Å². The van der Waals surface area contributed by atoms with Gasteiger partial charge >= 0.3 is 5.97 Å². The van der Waals surface area contributed by atoms with E-state index in [2.05, 4.69) is 36.6 Å². The van der Waals surface area contributed by atoms with E-state index >= 15 is 0 Å². The van der Waals surface area contributed by atoms with Crippen molar-refractivity contribution in [3.8, 4) is 0 Å². The second-order valence-corrected chi connectivity index (χ2v) is 5.53. The number of hydrogen-bond donors (Lipinski definition) is 0. The molecule has 0 heterocycles. The summed E-state index contributed by atoms with van der Waals surface area (Å²) in [6.45, 7) is 8.66. The van der Waals surface area contributed by atoms with Crippen molar-refractivity contribution in [1.29, 1.82) is 0 Å². The van der Waals surface area contributed by atoms with Crippen molar-refractivity contribution < 1.29 is 14.6 Å². The maximum atomic E-state index is 11.1. The summed E-state index contributed by atoms with van der Waals surface area (Å²) in [7, 11) is 1.32. The van der Waals surface area contributed by atoms with Crippen molar-refractivity contribution in [3.63, 3.8) is 0 Å². The molecule has 0 saturated carbocycles. The number of hydrogen-bond acceptors (Lipinski definition) is 3. The average Bonchev–Trinajstić information content (AvgIpc) is 2.28. The minimum absolute atomic E-state index is 0.477. The quantitative estimate of drug-likeness (QED) is 0.268. The minimum Gasteiger partial charge on any atom is -0.294 e. The Balaban J connectivity index is 3.90. The summed E-state index contributed by atoms with van der Waals surface area (Å²) >= 11 is 0. The molecule has 0 spiro atoms. The molecule has 0 saturated heterocycles. The third-order valence-corrected chi connectivity index (χ3v) is 2.91. The lowest BCUT2D eigenvalue weighted by Crippen LogP contribution is -1.99. The minimum atomic E-state index is -0.477. The van der Waals surface area contributed by atoms with Crippen molar-refractivity contribution in [2.24, 2.45) is 11.8 Å². The van der Waals surface area contributed by atoms with Crippen LogP contribution in [0.25, 0.3) is 0 Å². The molecule has 19 heavy (non-hydrogen) atoms. The van der Waals surface area contributed by atoms with Crippen LogP contribution in [0.5, 0.6) is 0 Å². The van der Waals surface area contributed by atoms with Crippen LogP contribution < -0.4 is 0 Å². The molecule has 1 atom stereocenters. The van der Waals surface area contributed by atoms with Crippen LogP contribution in [0.2, 0.25) is 0 Å². The molecule has 0 rings (SSSR count). The van der Waals surface area contributed by atoms with E-state index in [9.17, 15) is 4.79 Å². The van der Waals surface area contributed by atoms with Gasteiger partial charge in [0, 0.05) is 6.08 Å². The Morgan fingerprint density at radius 1 is 1.21 bits per heavy atom. The third-order valence-electron chi connectivity index (χ3n) is 2.91. The van der Waals surface area contributed by atoms with Crippen molar-refractivity contribution in [2.45, 2.75) is 53.4 Å². The molecule has 1 unspecified atom stereocenters. The predicted molar refractivity (Wildman–Crippen MR) is 78.5 cm³/mol. The highest BCUT2D eigenvalue weighted by Crippen LogP contribution is 2.15. The number of carbonyl (C=O) groups excluding carboxylic acids is 1. The maximum absolute atomic E-state index is 11.1. The Hall–Kier alpha value is -1.09. The highest BCUT2D eigenvalue weighted by atomic mass is 17.2. The van der Waals surface area contributed by atoms with Crippen LogP contribution in [0.1, 0.15) is 53.4 Å². The molecule has 0 aromatic carbocycles. The van der Waals surface area contributed by atoms with Crippen LogP contribution in [0.15, 0.2) is 23.8 Å². The molecule has 0 radical (unpaired) electrons. The van der Waals surface area contributed by atoms with Crippen LogP contribution in [0.3, 0.4) is 0 Å². The Morgan fingerprint density at radius 3 is 2.47 bits per heavy atom. The second-order valence-electron chi connectivity index (χ2n) is 5.53. The molecular weight excluding hydrogens is 240 g/mol. The van der Waals surface area contributed by atoms with Gasteiger partial charge in [-0.1, -0.05) is 52.2 Å². The van der Waals surface area contributed by atoms with Crippen LogP contribution in [-0.2, 0) is 14.6 Å². The first-order valence-electron chi connectivity index (χ1n) is 7.05. The van der Waals surface area contributed by atoms with Crippen LogP contribution >= 0.6 is 0 Å². The fourth-order valence-electron chi connectivity index (χ4n) is 1.82. The summed E-state index contributed by atoms with van der Waals surface area (Å²) in [4.78, 5) is 19.8. The van der Waals surface area contributed by atoms with Gasteiger partial charge in [-0.15, -0.1) is 0 Å². The van der Waals surface area contributed by atoms with E-state index in [1.165, 1.54) is 32.4 Å². The molecule has 0 aliphatic heterocycles.